The van der Waals surface area contributed by atoms with E-state index in [0.29, 0.717) is 212 Å². The van der Waals surface area contributed by atoms with Gasteiger partial charge in [0.2, 0.25) is 23.6 Å². The summed E-state index contributed by atoms with van der Waals surface area (Å²) in [6.45, 7) is 18.9. The second-order valence-electron chi connectivity index (χ2n) is 36.4. The van der Waals surface area contributed by atoms with Gasteiger partial charge in [0.1, 0.15) is 53.8 Å². The summed E-state index contributed by atoms with van der Waals surface area (Å²) < 4.78 is 43.8. The molecule has 14 rings (SSSR count). The highest BCUT2D eigenvalue weighted by Crippen LogP contribution is 2.40. The number of piperazine rings is 2. The van der Waals surface area contributed by atoms with Gasteiger partial charge in [0.05, 0.1) is 55.4 Å². The Morgan fingerprint density at radius 1 is 0.710 bits per heavy atom. The van der Waals surface area contributed by atoms with Crippen LogP contribution in [0.4, 0.5) is 28.5 Å². The lowest BCUT2D eigenvalue weighted by Gasteiger charge is -2.42. The average Bonchev–Trinajstić information content (AvgIpc) is 1.63. The standard InChI is InChI=1S/C95H127N19O17/c1-57-14-10-9-11-15-59(3)77(125-7)48-70-23-18-62(6)95(124,131-70)85(119)89(121)113-29-13-12-16-73(113)90(122)128-74(24-17-58(2)43-61(5)83(117)84(118)82(116)60(4)42-57)71(96)45-63-20-25-76(78(46-63)126-8)130-94(123)103-51-65-49-99-92(100-50-65)111-37-35-109(36-38-111)79(115)28-40-127-41-39-108-31-33-110(34-32-108)93-101-52-69(53-102-93)88(120)112-30-27-66-44-64(19-21-68(66)55-112)54-114-87-80(86(97)104-56-105-87)81(107-114)67-22-26-75-72(47-67)106-91(98)129-75/h9-11,14-15,19,21-22,26,43-44,47,49-50,52-53,56-58,60,62-63,70-71,73-74,76-78,83-84,117-118,124H,12-13,16-18,20,23-25,27-42,45-46,48,51,54-55,96H2,1-8H3,(H2,98,106)(H,103,123)(H2,97,104,105)/b11-9?,14-10+,59-15?,61-43+/t57-,58+,60-,62-,63+,70+,71-,73+,74+,76-,77+,78-,83-,84+,95-/m1/s1. The molecule has 6 aliphatic heterocycles. The summed E-state index contributed by atoms with van der Waals surface area (Å²) in [6.07, 6.45) is 18.6. The first-order valence-electron chi connectivity index (χ1n) is 46.1. The molecule has 36 heteroatoms. The van der Waals surface area contributed by atoms with Crippen LogP contribution in [0.25, 0.3) is 33.4 Å². The lowest BCUT2D eigenvalue weighted by atomic mass is 9.80. The van der Waals surface area contributed by atoms with E-state index in [0.717, 1.165) is 40.9 Å². The minimum Gasteiger partial charge on any atom is -0.459 e. The first-order valence-corrected chi connectivity index (χ1v) is 46.1. The molecule has 10 N–H and O–H groups in total. The Bertz CT molecular complexity index is 5280. The van der Waals surface area contributed by atoms with Crippen LogP contribution in [0, 0.1) is 29.6 Å². The Labute approximate surface area is 763 Å². The first-order chi connectivity index (χ1) is 63.1. The van der Waals surface area contributed by atoms with Gasteiger partial charge < -0.3 is 95.2 Å². The normalized spacial score (nSPS) is 27.4. The number of benzene rings is 2. The van der Waals surface area contributed by atoms with Crippen LogP contribution in [-0.4, -0.2) is 281 Å². The molecule has 11 heterocycles. The number of hydrogen-bond donors (Lipinski definition) is 7. The first kappa shape index (κ1) is 96.0. The molecule has 2 bridgehead atoms. The molecule has 5 aromatic heterocycles. The molecule has 1 aliphatic carbocycles. The zero-order valence-electron chi connectivity index (χ0n) is 76.3. The van der Waals surface area contributed by atoms with Crippen molar-refractivity contribution in [2.45, 2.75) is 218 Å². The monoisotopic (exact) mass is 1810 g/mol. The number of cyclic esters (lactones) is 1. The third-order valence-electron chi connectivity index (χ3n) is 27.0. The van der Waals surface area contributed by atoms with Crippen LogP contribution in [0.1, 0.15) is 164 Å². The van der Waals surface area contributed by atoms with E-state index in [1.165, 1.54) is 11.2 Å². The van der Waals surface area contributed by atoms with Gasteiger partial charge in [-0.2, -0.15) is 10.1 Å². The van der Waals surface area contributed by atoms with Gasteiger partial charge in [0.25, 0.3) is 23.6 Å². The van der Waals surface area contributed by atoms with Crippen LogP contribution < -0.4 is 32.3 Å². The van der Waals surface area contributed by atoms with Crippen LogP contribution in [0.3, 0.4) is 0 Å². The number of ketones is 2. The van der Waals surface area contributed by atoms with E-state index in [9.17, 15) is 48.9 Å². The zero-order chi connectivity index (χ0) is 92.7. The predicted octanol–water partition coefficient (Wildman–Crippen LogP) is 7.79. The van der Waals surface area contributed by atoms with Crippen molar-refractivity contribution in [1.29, 1.82) is 0 Å². The molecule has 36 nitrogen and oxygen atoms in total. The number of ether oxygens (including phenoxy) is 6. The van der Waals surface area contributed by atoms with Crippen molar-refractivity contribution in [3.8, 4) is 11.3 Å². The highest BCUT2D eigenvalue weighted by atomic mass is 16.6. The molecule has 15 atom stereocenters. The number of nitrogens with two attached hydrogens (primary N) is 3. The van der Waals surface area contributed by atoms with Gasteiger partial charge in [-0.05, 0) is 161 Å². The zero-order valence-corrected chi connectivity index (χ0v) is 76.3. The van der Waals surface area contributed by atoms with E-state index >= 15 is 0 Å². The number of nitrogen functional groups attached to an aromatic ring is 2. The van der Waals surface area contributed by atoms with E-state index in [4.69, 9.17) is 55.1 Å². The maximum absolute atomic E-state index is 14.7. The summed E-state index contributed by atoms with van der Waals surface area (Å²) in [6, 6.07) is 9.98. The number of alkyl carbamates (subject to hydrolysis) is 1. The number of rotatable bonds is 20. The molecule has 0 unspecified atom stereocenters. The topological polar surface area (TPSA) is 466 Å². The molecule has 7 aliphatic rings. The highest BCUT2D eigenvalue weighted by Gasteiger charge is 2.53. The number of aliphatic hydroxyl groups is 3. The summed E-state index contributed by atoms with van der Waals surface area (Å²) in [5.41, 5.74) is 28.1. The van der Waals surface area contributed by atoms with Gasteiger partial charge in [-0.3, -0.25) is 28.9 Å². The number of aliphatic hydroxyl groups excluding tert-OH is 2. The van der Waals surface area contributed by atoms with Crippen LogP contribution in [0.2, 0.25) is 0 Å². The van der Waals surface area contributed by atoms with Gasteiger partial charge in [-0.1, -0.05) is 82.4 Å². The number of nitrogens with zero attached hydrogens (tertiary/aromatic N) is 15. The van der Waals surface area contributed by atoms with Gasteiger partial charge in [-0.25, -0.2) is 44.2 Å². The van der Waals surface area contributed by atoms with E-state index in [2.05, 4.69) is 68.2 Å². The maximum atomic E-state index is 14.7. The lowest BCUT2D eigenvalue weighted by Crippen LogP contribution is -2.61. The third kappa shape index (κ3) is 23.7. The number of carbonyl (C=O) groups excluding carboxylic acids is 7. The predicted molar refractivity (Wildman–Crippen MR) is 488 cm³/mol. The minimum absolute atomic E-state index is 0.0144. The van der Waals surface area contributed by atoms with Crippen molar-refractivity contribution in [1.82, 2.24) is 69.6 Å². The second kappa shape index (κ2) is 44.0. The molecule has 4 amide bonds. The number of aromatic nitrogens is 9. The van der Waals surface area contributed by atoms with Crippen molar-refractivity contribution in [2.24, 2.45) is 35.3 Å². The van der Waals surface area contributed by atoms with Crippen molar-refractivity contribution < 1.29 is 81.7 Å². The molecule has 704 valence electrons. The molecule has 5 fully saturated rings. The summed E-state index contributed by atoms with van der Waals surface area (Å²) in [7, 11) is 3.12. The Hall–Kier alpha value is -11.1. The summed E-state index contributed by atoms with van der Waals surface area (Å²) in [4.78, 5) is 141. The molecule has 1 saturated carbocycles. The van der Waals surface area contributed by atoms with E-state index in [-0.39, 0.29) is 74.4 Å². The molecule has 131 heavy (non-hydrogen) atoms. The Morgan fingerprint density at radius 2 is 1.46 bits per heavy atom. The van der Waals surface area contributed by atoms with Crippen LogP contribution in [0.5, 0.6) is 0 Å². The molecular weight excluding hydrogens is 1680 g/mol. The number of carbonyl (C=O) groups is 7. The van der Waals surface area contributed by atoms with Crippen LogP contribution >= 0.6 is 0 Å². The van der Waals surface area contributed by atoms with E-state index < -0.39 is 102 Å². The van der Waals surface area contributed by atoms with E-state index in [1.54, 1.807) is 71.9 Å². The van der Waals surface area contributed by atoms with Crippen molar-refractivity contribution >= 4 is 87.2 Å². The smallest absolute Gasteiger partial charge is 0.407 e. The number of Topliss-reactive ketones (excluding diaryl/α,β-unsaturated/α-hetero) is 2. The van der Waals surface area contributed by atoms with Crippen molar-refractivity contribution in [3.05, 3.63) is 143 Å². The summed E-state index contributed by atoms with van der Waals surface area (Å²) >= 11 is 0. The average molecular weight is 1810 g/mol. The quantitative estimate of drug-likeness (QED) is 0.0166. The number of allylic oxidation sites excluding steroid dienone is 6. The molecule has 2 aromatic carbocycles. The Morgan fingerprint density at radius 3 is 2.21 bits per heavy atom. The lowest BCUT2D eigenvalue weighted by molar-refractivity contribution is -0.265. The summed E-state index contributed by atoms with van der Waals surface area (Å²) in [5, 5.41) is 43.2. The number of methoxy groups -OCH3 is 2. The van der Waals surface area contributed by atoms with Gasteiger partial charge in [0, 0.05) is 160 Å². The fourth-order valence-electron chi connectivity index (χ4n) is 19.1. The van der Waals surface area contributed by atoms with Crippen LogP contribution in [-0.2, 0) is 78.4 Å². The summed E-state index contributed by atoms with van der Waals surface area (Å²) in [5.74, 6) is -6.30. The third-order valence-corrected chi connectivity index (χ3v) is 27.0. The van der Waals surface area contributed by atoms with Gasteiger partial charge in [0.15, 0.2) is 17.0 Å². The largest absolute Gasteiger partial charge is 0.459 e. The van der Waals surface area contributed by atoms with Crippen LogP contribution in [0.15, 0.2) is 120 Å². The number of nitrogens with one attached hydrogen (secondary N) is 1. The number of anilines is 4. The number of esters is 1. The Balaban J connectivity index is 0.492. The van der Waals surface area contributed by atoms with Crippen molar-refractivity contribution in [2.75, 3.05) is 121 Å². The molecule has 7 aromatic rings. The Kier molecular flexibility index (Phi) is 32.2. The molecule has 0 spiro atoms. The fourth-order valence-corrected chi connectivity index (χ4v) is 19.1. The molecule has 0 radical (unpaired) electrons. The molecule has 4 saturated heterocycles. The van der Waals surface area contributed by atoms with E-state index in [1.807, 2.05) is 82.7 Å². The van der Waals surface area contributed by atoms with Crippen molar-refractivity contribution in [3.63, 3.8) is 0 Å². The SMILES string of the molecule is CO[C@H]1C[C@@H]2CC[C@@H](C)[C@@](O)(O2)C(=O)C(=O)N2CCCC[C@H]2C(=O)O[C@H]([C@H](N)C[C@@H]2CC[C@@H](OC(=O)NCc3cnc(N4CCN(C(=O)CCOCCN5CCN(c6ncc(C(=O)N7CCc8cc(Cn9nc(-c%10ccc%11oc(N)nc%11c%10)c%10c(N)ncnc%109)ccc8C7)cn6)CC5)CC4)nc3)[C@H](OC)C2)CC[C@H](C)/C=C(\C)[C@@H](O)[C@@H](O)C(=O)[C@H](C)C[C@H](C)/C=C/C=CC=C1C. The maximum Gasteiger partial charge on any atom is 0.407 e. The van der Waals surface area contributed by atoms with Gasteiger partial charge >= 0.3 is 12.1 Å². The number of oxazole rings is 1. The number of hydrogen-bond acceptors (Lipinski definition) is 31. The second-order valence-corrected chi connectivity index (χ2v) is 36.4. The number of amides is 4. The highest BCUT2D eigenvalue weighted by molar-refractivity contribution is 6.39. The molecular formula is C95H127N19O17. The van der Waals surface area contributed by atoms with Gasteiger partial charge in [-0.15, -0.1) is 0 Å². The number of fused-ring (bicyclic) bond motifs is 6. The number of piperidine rings is 1. The minimum atomic E-state index is -2.47. The fraction of sp³-hybridized carbons (Fsp3) is 0.568.